The van der Waals surface area contributed by atoms with Gasteiger partial charge >= 0.3 is 0 Å². The van der Waals surface area contributed by atoms with E-state index in [0.717, 1.165) is 4.31 Å². The van der Waals surface area contributed by atoms with Gasteiger partial charge in [0.1, 0.15) is 0 Å². The fourth-order valence-electron chi connectivity index (χ4n) is 2.30. The van der Waals surface area contributed by atoms with Crippen LogP contribution in [0.25, 0.3) is 0 Å². The number of aryl methyl sites for hydroxylation is 1. The van der Waals surface area contributed by atoms with Gasteiger partial charge in [0.2, 0.25) is 10.0 Å². The van der Waals surface area contributed by atoms with Gasteiger partial charge in [-0.15, -0.1) is 0 Å². The molecule has 2 aromatic rings. The number of nitro groups is 1. The van der Waals surface area contributed by atoms with E-state index >= 15 is 0 Å². The Bertz CT molecular complexity index is 840. The Labute approximate surface area is 146 Å². The third-order valence-electron chi connectivity index (χ3n) is 3.56. The van der Waals surface area contributed by atoms with Crippen molar-refractivity contribution >= 4 is 15.7 Å². The normalized spacial score (nSPS) is 11.6. The van der Waals surface area contributed by atoms with Crippen molar-refractivity contribution in [2.24, 2.45) is 0 Å². The van der Waals surface area contributed by atoms with Gasteiger partial charge in [0.05, 0.1) is 11.5 Å². The lowest BCUT2D eigenvalue weighted by molar-refractivity contribution is -0.387. The summed E-state index contributed by atoms with van der Waals surface area (Å²) in [5.74, 6) is 0. The smallest absolute Gasteiger partial charge is 0.289 e. The highest BCUT2D eigenvalue weighted by Crippen LogP contribution is 2.28. The number of aromatic nitrogens is 1. The molecule has 0 aliphatic rings. The summed E-state index contributed by atoms with van der Waals surface area (Å²) < 4.78 is 32.2. The van der Waals surface area contributed by atoms with Crippen molar-refractivity contribution in [2.75, 3.05) is 20.3 Å². The molecule has 2 rings (SSSR count). The van der Waals surface area contributed by atoms with E-state index in [-0.39, 0.29) is 24.6 Å². The van der Waals surface area contributed by atoms with Gasteiger partial charge in [0, 0.05) is 38.7 Å². The van der Waals surface area contributed by atoms with Crippen LogP contribution in [0.5, 0.6) is 0 Å². The summed E-state index contributed by atoms with van der Waals surface area (Å²) in [7, 11) is -2.62. The summed E-state index contributed by atoms with van der Waals surface area (Å²) in [6.45, 7) is 1.95. The summed E-state index contributed by atoms with van der Waals surface area (Å²) in [6.07, 6.45) is 3.14. The molecule has 0 spiro atoms. The van der Waals surface area contributed by atoms with Crippen molar-refractivity contribution in [3.05, 3.63) is 64.0 Å². The van der Waals surface area contributed by atoms with E-state index in [0.29, 0.717) is 11.1 Å². The summed E-state index contributed by atoms with van der Waals surface area (Å²) in [4.78, 5) is 14.3. The van der Waals surface area contributed by atoms with Crippen molar-refractivity contribution in [2.45, 2.75) is 18.4 Å². The summed E-state index contributed by atoms with van der Waals surface area (Å²) in [5, 5.41) is 11.3. The van der Waals surface area contributed by atoms with Gasteiger partial charge in [0.15, 0.2) is 4.90 Å². The second kappa shape index (κ2) is 8.15. The number of benzene rings is 1. The van der Waals surface area contributed by atoms with Crippen molar-refractivity contribution in [3.8, 4) is 0 Å². The molecule has 134 valence electrons. The molecule has 0 amide bonds. The molecule has 25 heavy (non-hydrogen) atoms. The monoisotopic (exact) mass is 365 g/mol. The number of ether oxygens (including phenoxy) is 1. The Hall–Kier alpha value is -2.36. The standard InChI is InChI=1S/C16H19N3O5S/c1-13-5-6-16(15(10-13)19(20)21)25(22,23)18(8-9-24-2)12-14-4-3-7-17-11-14/h3-7,10-11H,8-9,12H2,1-2H3. The minimum atomic E-state index is -4.08. The predicted molar refractivity (Wildman–Crippen MR) is 91.5 cm³/mol. The molecule has 0 unspecified atom stereocenters. The van der Waals surface area contributed by atoms with Gasteiger partial charge in [-0.05, 0) is 30.2 Å². The Balaban J connectivity index is 2.46. The van der Waals surface area contributed by atoms with E-state index < -0.39 is 20.6 Å². The van der Waals surface area contributed by atoms with Crippen LogP contribution in [0.15, 0.2) is 47.6 Å². The number of nitro benzene ring substituents is 1. The Kier molecular flexibility index (Phi) is 6.18. The minimum absolute atomic E-state index is 0.0462. The van der Waals surface area contributed by atoms with E-state index in [1.54, 1.807) is 37.5 Å². The topological polar surface area (TPSA) is 103 Å². The summed E-state index contributed by atoms with van der Waals surface area (Å²) >= 11 is 0. The van der Waals surface area contributed by atoms with E-state index in [1.165, 1.54) is 19.2 Å². The largest absolute Gasteiger partial charge is 0.383 e. The maximum absolute atomic E-state index is 13.0. The van der Waals surface area contributed by atoms with Crippen LogP contribution in [0.1, 0.15) is 11.1 Å². The zero-order chi connectivity index (χ0) is 18.4. The lowest BCUT2D eigenvalue weighted by Gasteiger charge is -2.22. The number of hydrogen-bond donors (Lipinski definition) is 0. The molecule has 0 aliphatic carbocycles. The zero-order valence-corrected chi connectivity index (χ0v) is 14.8. The fraction of sp³-hybridized carbons (Fsp3) is 0.312. The van der Waals surface area contributed by atoms with Crippen LogP contribution in [0.3, 0.4) is 0 Å². The van der Waals surface area contributed by atoms with E-state index in [2.05, 4.69) is 4.98 Å². The molecule has 0 saturated heterocycles. The van der Waals surface area contributed by atoms with E-state index in [4.69, 9.17) is 4.74 Å². The van der Waals surface area contributed by atoms with Crippen molar-refractivity contribution in [1.29, 1.82) is 0 Å². The number of sulfonamides is 1. The molecule has 0 N–H and O–H groups in total. The first-order valence-electron chi connectivity index (χ1n) is 7.49. The van der Waals surface area contributed by atoms with Gasteiger partial charge in [-0.2, -0.15) is 4.31 Å². The highest BCUT2D eigenvalue weighted by molar-refractivity contribution is 7.89. The third-order valence-corrected chi connectivity index (χ3v) is 5.45. The molecule has 0 aliphatic heterocycles. The van der Waals surface area contributed by atoms with Crippen LogP contribution in [-0.4, -0.2) is 42.9 Å². The van der Waals surface area contributed by atoms with Crippen molar-refractivity contribution in [1.82, 2.24) is 9.29 Å². The van der Waals surface area contributed by atoms with Crippen molar-refractivity contribution < 1.29 is 18.1 Å². The van der Waals surface area contributed by atoms with Gasteiger partial charge < -0.3 is 4.74 Å². The molecule has 0 saturated carbocycles. The average molecular weight is 365 g/mol. The molecular weight excluding hydrogens is 346 g/mol. The minimum Gasteiger partial charge on any atom is -0.383 e. The molecular formula is C16H19N3O5S. The number of nitrogens with zero attached hydrogens (tertiary/aromatic N) is 3. The highest BCUT2D eigenvalue weighted by Gasteiger charge is 2.31. The first kappa shape index (κ1) is 19.0. The third kappa shape index (κ3) is 4.59. The first-order chi connectivity index (χ1) is 11.9. The second-order valence-corrected chi connectivity index (χ2v) is 7.33. The van der Waals surface area contributed by atoms with E-state index in [9.17, 15) is 18.5 Å². The molecule has 0 fully saturated rings. The lowest BCUT2D eigenvalue weighted by Crippen LogP contribution is -2.34. The maximum Gasteiger partial charge on any atom is 0.289 e. The SMILES string of the molecule is COCCN(Cc1cccnc1)S(=O)(=O)c1ccc(C)cc1[N+](=O)[O-]. The number of hydrogen-bond acceptors (Lipinski definition) is 6. The Morgan fingerprint density at radius 3 is 2.68 bits per heavy atom. The number of pyridine rings is 1. The van der Waals surface area contributed by atoms with Crippen LogP contribution in [0.2, 0.25) is 0 Å². The molecule has 8 nitrogen and oxygen atoms in total. The Morgan fingerprint density at radius 2 is 2.08 bits per heavy atom. The molecule has 1 heterocycles. The van der Waals surface area contributed by atoms with Crippen LogP contribution in [-0.2, 0) is 21.3 Å². The fourth-order valence-corrected chi connectivity index (χ4v) is 3.85. The maximum atomic E-state index is 13.0. The molecule has 1 aromatic heterocycles. The molecule has 1 aromatic carbocycles. The average Bonchev–Trinajstić information content (AvgIpc) is 2.59. The zero-order valence-electron chi connectivity index (χ0n) is 14.0. The van der Waals surface area contributed by atoms with Gasteiger partial charge in [-0.3, -0.25) is 15.1 Å². The molecule has 9 heteroatoms. The molecule has 0 bridgehead atoms. The van der Waals surface area contributed by atoms with E-state index in [1.807, 2.05) is 0 Å². The van der Waals surface area contributed by atoms with Crippen LogP contribution < -0.4 is 0 Å². The predicted octanol–water partition coefficient (Wildman–Crippen LogP) is 2.14. The Morgan fingerprint density at radius 1 is 1.32 bits per heavy atom. The van der Waals surface area contributed by atoms with Crippen LogP contribution >= 0.6 is 0 Å². The number of methoxy groups -OCH3 is 1. The number of rotatable bonds is 8. The van der Waals surface area contributed by atoms with Gasteiger partial charge in [-0.1, -0.05) is 12.1 Å². The summed E-state index contributed by atoms with van der Waals surface area (Å²) in [6, 6.07) is 7.51. The van der Waals surface area contributed by atoms with Crippen molar-refractivity contribution in [3.63, 3.8) is 0 Å². The lowest BCUT2D eigenvalue weighted by atomic mass is 10.2. The van der Waals surface area contributed by atoms with Gasteiger partial charge in [0.25, 0.3) is 5.69 Å². The second-order valence-electron chi connectivity index (χ2n) is 5.42. The highest BCUT2D eigenvalue weighted by atomic mass is 32.2. The first-order valence-corrected chi connectivity index (χ1v) is 8.93. The summed E-state index contributed by atoms with van der Waals surface area (Å²) in [5.41, 5.74) is 0.854. The molecule has 0 radical (unpaired) electrons. The quantitative estimate of drug-likeness (QED) is 0.524. The molecule has 0 atom stereocenters. The van der Waals surface area contributed by atoms with Crippen LogP contribution in [0, 0.1) is 17.0 Å². The van der Waals surface area contributed by atoms with Gasteiger partial charge in [-0.25, -0.2) is 8.42 Å². The van der Waals surface area contributed by atoms with Crippen LogP contribution in [0.4, 0.5) is 5.69 Å².